The molecule has 1 fully saturated rings. The van der Waals surface area contributed by atoms with E-state index in [1.165, 1.54) is 12.1 Å². The Morgan fingerprint density at radius 1 is 1.53 bits per heavy atom. The molecule has 7 heteroatoms. The molecular formula is C12H14Cl2N2O3. The molecule has 1 aliphatic heterocycles. The number of aliphatic hydroxyl groups excluding tert-OH is 1. The quantitative estimate of drug-likeness (QED) is 0.810. The Hall–Kier alpha value is -1.01. The zero-order valence-corrected chi connectivity index (χ0v) is 11.6. The van der Waals surface area contributed by atoms with Crippen molar-refractivity contribution in [3.63, 3.8) is 0 Å². The van der Waals surface area contributed by atoms with Crippen molar-refractivity contribution < 1.29 is 14.6 Å². The van der Waals surface area contributed by atoms with Gasteiger partial charge in [-0.25, -0.2) is 0 Å². The number of nitrogen functional groups attached to an aromatic ring is 1. The summed E-state index contributed by atoms with van der Waals surface area (Å²) in [5, 5.41) is 9.56. The number of benzene rings is 1. The van der Waals surface area contributed by atoms with E-state index in [-0.39, 0.29) is 34.4 Å². The molecule has 1 saturated heterocycles. The molecule has 1 aromatic rings. The van der Waals surface area contributed by atoms with Gasteiger partial charge in [0.25, 0.3) is 5.91 Å². The Kier molecular flexibility index (Phi) is 4.52. The first-order valence-electron chi connectivity index (χ1n) is 5.79. The zero-order chi connectivity index (χ0) is 14.0. The molecule has 1 aromatic carbocycles. The van der Waals surface area contributed by atoms with E-state index in [0.717, 1.165) is 0 Å². The van der Waals surface area contributed by atoms with Crippen LogP contribution in [0, 0.1) is 0 Å². The Labute approximate surface area is 120 Å². The van der Waals surface area contributed by atoms with Crippen LogP contribution in [0.4, 0.5) is 5.69 Å². The fourth-order valence-electron chi connectivity index (χ4n) is 1.93. The molecule has 1 amide bonds. The van der Waals surface area contributed by atoms with E-state index in [9.17, 15) is 4.79 Å². The second-order valence-electron chi connectivity index (χ2n) is 4.29. The Bertz CT molecular complexity index is 473. The Balaban J connectivity index is 2.19. The largest absolute Gasteiger partial charge is 0.397 e. The van der Waals surface area contributed by atoms with Crippen LogP contribution in [0.5, 0.6) is 0 Å². The second kappa shape index (κ2) is 5.96. The van der Waals surface area contributed by atoms with Gasteiger partial charge in [0.15, 0.2) is 0 Å². The maximum atomic E-state index is 12.3. The summed E-state index contributed by atoms with van der Waals surface area (Å²) in [7, 11) is 0. The maximum Gasteiger partial charge on any atom is 0.254 e. The van der Waals surface area contributed by atoms with Crippen LogP contribution in [-0.2, 0) is 4.74 Å². The summed E-state index contributed by atoms with van der Waals surface area (Å²) in [4.78, 5) is 13.9. The average Bonchev–Trinajstić information content (AvgIpc) is 2.43. The van der Waals surface area contributed by atoms with Gasteiger partial charge in [0.2, 0.25) is 0 Å². The van der Waals surface area contributed by atoms with Gasteiger partial charge >= 0.3 is 0 Å². The number of nitrogens with two attached hydrogens (primary N) is 1. The summed E-state index contributed by atoms with van der Waals surface area (Å²) in [6, 6.07) is 2.99. The van der Waals surface area contributed by atoms with Gasteiger partial charge in [0.1, 0.15) is 0 Å². The lowest BCUT2D eigenvalue weighted by Gasteiger charge is -2.32. The number of hydrogen-bond donors (Lipinski definition) is 2. The average molecular weight is 305 g/mol. The molecule has 1 atom stereocenters. The standard InChI is InChI=1S/C12H14Cl2N2O3/c13-9-3-7(4-10(15)11(9)14)12(18)16-1-2-19-8(5-16)6-17/h3-4,8,17H,1-2,5-6,15H2. The van der Waals surface area contributed by atoms with Gasteiger partial charge in [0, 0.05) is 18.7 Å². The number of anilines is 1. The van der Waals surface area contributed by atoms with Crippen LogP contribution in [0.15, 0.2) is 12.1 Å². The molecule has 3 N–H and O–H groups in total. The van der Waals surface area contributed by atoms with Gasteiger partial charge in [-0.3, -0.25) is 4.79 Å². The number of hydrogen-bond acceptors (Lipinski definition) is 4. The van der Waals surface area contributed by atoms with Crippen LogP contribution in [0.25, 0.3) is 0 Å². The maximum absolute atomic E-state index is 12.3. The molecule has 19 heavy (non-hydrogen) atoms. The summed E-state index contributed by atoms with van der Waals surface area (Å²) in [6.45, 7) is 1.09. The van der Waals surface area contributed by atoms with Gasteiger partial charge in [-0.2, -0.15) is 0 Å². The minimum atomic E-state index is -0.349. The van der Waals surface area contributed by atoms with E-state index in [4.69, 9.17) is 38.8 Å². The number of rotatable bonds is 2. The summed E-state index contributed by atoms with van der Waals surface area (Å²) in [5.74, 6) is -0.202. The van der Waals surface area contributed by atoms with Gasteiger partial charge in [0.05, 0.1) is 35.1 Å². The lowest BCUT2D eigenvalue weighted by Crippen LogP contribution is -2.46. The summed E-state index contributed by atoms with van der Waals surface area (Å²) in [5.41, 5.74) is 6.34. The molecular weight excluding hydrogens is 291 g/mol. The molecule has 0 spiro atoms. The summed E-state index contributed by atoms with van der Waals surface area (Å²) in [6.07, 6.45) is -0.349. The highest BCUT2D eigenvalue weighted by Crippen LogP contribution is 2.30. The molecule has 5 nitrogen and oxygen atoms in total. The van der Waals surface area contributed by atoms with Gasteiger partial charge in [-0.15, -0.1) is 0 Å². The fourth-order valence-corrected chi connectivity index (χ4v) is 2.27. The van der Waals surface area contributed by atoms with Crippen LogP contribution >= 0.6 is 23.2 Å². The Morgan fingerprint density at radius 3 is 2.89 bits per heavy atom. The van der Waals surface area contributed by atoms with Crippen molar-refractivity contribution in [2.24, 2.45) is 0 Å². The topological polar surface area (TPSA) is 75.8 Å². The summed E-state index contributed by atoms with van der Waals surface area (Å²) >= 11 is 11.8. The number of morpholine rings is 1. The predicted octanol–water partition coefficient (Wildman–Crippen LogP) is 1.41. The molecule has 0 aromatic heterocycles. The van der Waals surface area contributed by atoms with Crippen molar-refractivity contribution in [2.75, 3.05) is 32.0 Å². The minimum Gasteiger partial charge on any atom is -0.397 e. The smallest absolute Gasteiger partial charge is 0.254 e. The number of ether oxygens (including phenoxy) is 1. The molecule has 104 valence electrons. The van der Waals surface area contributed by atoms with Crippen molar-refractivity contribution in [3.8, 4) is 0 Å². The molecule has 0 radical (unpaired) electrons. The first kappa shape index (κ1) is 14.4. The lowest BCUT2D eigenvalue weighted by molar-refractivity contribution is -0.0447. The van der Waals surface area contributed by atoms with E-state index in [0.29, 0.717) is 25.3 Å². The third-order valence-corrected chi connectivity index (χ3v) is 3.75. The van der Waals surface area contributed by atoms with Crippen LogP contribution in [0.3, 0.4) is 0 Å². The molecule has 2 rings (SSSR count). The van der Waals surface area contributed by atoms with E-state index < -0.39 is 0 Å². The van der Waals surface area contributed by atoms with Crippen LogP contribution in [-0.4, -0.2) is 48.3 Å². The van der Waals surface area contributed by atoms with E-state index in [1.807, 2.05) is 0 Å². The highest BCUT2D eigenvalue weighted by Gasteiger charge is 2.25. The van der Waals surface area contributed by atoms with Crippen molar-refractivity contribution >= 4 is 34.8 Å². The van der Waals surface area contributed by atoms with Crippen LogP contribution in [0.1, 0.15) is 10.4 Å². The van der Waals surface area contributed by atoms with E-state index in [1.54, 1.807) is 4.90 Å². The molecule has 0 bridgehead atoms. The number of nitrogens with zero attached hydrogens (tertiary/aromatic N) is 1. The van der Waals surface area contributed by atoms with Crippen LogP contribution < -0.4 is 5.73 Å². The Morgan fingerprint density at radius 2 is 2.26 bits per heavy atom. The third-order valence-electron chi connectivity index (χ3n) is 2.93. The normalized spacial score (nSPS) is 19.5. The van der Waals surface area contributed by atoms with Gasteiger partial charge < -0.3 is 20.5 Å². The first-order valence-corrected chi connectivity index (χ1v) is 6.54. The molecule has 1 heterocycles. The van der Waals surface area contributed by atoms with Crippen molar-refractivity contribution in [1.29, 1.82) is 0 Å². The van der Waals surface area contributed by atoms with E-state index >= 15 is 0 Å². The van der Waals surface area contributed by atoms with Crippen molar-refractivity contribution in [1.82, 2.24) is 4.90 Å². The van der Waals surface area contributed by atoms with Gasteiger partial charge in [-0.05, 0) is 12.1 Å². The fraction of sp³-hybridized carbons (Fsp3) is 0.417. The van der Waals surface area contributed by atoms with E-state index in [2.05, 4.69) is 0 Å². The second-order valence-corrected chi connectivity index (χ2v) is 5.07. The lowest BCUT2D eigenvalue weighted by atomic mass is 10.1. The molecule has 0 saturated carbocycles. The molecule has 1 unspecified atom stereocenters. The predicted molar refractivity (Wildman–Crippen MR) is 73.6 cm³/mol. The van der Waals surface area contributed by atoms with Crippen molar-refractivity contribution in [3.05, 3.63) is 27.7 Å². The number of amides is 1. The monoisotopic (exact) mass is 304 g/mol. The number of aliphatic hydroxyl groups is 1. The van der Waals surface area contributed by atoms with Gasteiger partial charge in [-0.1, -0.05) is 23.2 Å². The first-order chi connectivity index (χ1) is 9.02. The van der Waals surface area contributed by atoms with Crippen molar-refractivity contribution in [2.45, 2.75) is 6.10 Å². The number of halogens is 2. The number of carbonyl (C=O) groups is 1. The summed E-state index contributed by atoms with van der Waals surface area (Å²) < 4.78 is 5.29. The molecule has 0 aliphatic carbocycles. The highest BCUT2D eigenvalue weighted by molar-refractivity contribution is 6.43. The number of carbonyl (C=O) groups excluding carboxylic acids is 1. The highest BCUT2D eigenvalue weighted by atomic mass is 35.5. The van der Waals surface area contributed by atoms with Crippen LogP contribution in [0.2, 0.25) is 10.0 Å². The third kappa shape index (κ3) is 3.12. The minimum absolute atomic E-state index is 0.118. The SMILES string of the molecule is Nc1cc(C(=O)N2CCOC(CO)C2)cc(Cl)c1Cl. The zero-order valence-electron chi connectivity index (χ0n) is 10.1. The molecule has 1 aliphatic rings.